The van der Waals surface area contributed by atoms with Crippen molar-refractivity contribution in [2.75, 3.05) is 5.32 Å². The van der Waals surface area contributed by atoms with Gasteiger partial charge in [0.15, 0.2) is 5.82 Å². The highest BCUT2D eigenvalue weighted by Gasteiger charge is 2.17. The number of urea groups is 1. The second kappa shape index (κ2) is 8.44. The Morgan fingerprint density at radius 1 is 0.828 bits per heavy atom. The number of rotatable bonds is 5. The molecule has 0 fully saturated rings. The van der Waals surface area contributed by atoms with Gasteiger partial charge in [0.2, 0.25) is 0 Å². The Bertz CT molecular complexity index is 1040. The predicted octanol–water partition coefficient (Wildman–Crippen LogP) is 5.00. The zero-order valence-corrected chi connectivity index (χ0v) is 16.1. The molecule has 0 atom stereocenters. The van der Waals surface area contributed by atoms with Crippen LogP contribution >= 0.6 is 0 Å². The highest BCUT2D eigenvalue weighted by atomic mass is 16.2. The van der Waals surface area contributed by atoms with Crippen LogP contribution in [0.2, 0.25) is 0 Å². The first-order valence-corrected chi connectivity index (χ1v) is 9.47. The molecular formula is C24H22N4O. The van der Waals surface area contributed by atoms with Crippen LogP contribution in [0.5, 0.6) is 0 Å². The number of benzene rings is 3. The van der Waals surface area contributed by atoms with E-state index in [0.29, 0.717) is 5.82 Å². The molecule has 4 aromatic rings. The summed E-state index contributed by atoms with van der Waals surface area (Å²) in [6.45, 7) is 0. The van der Waals surface area contributed by atoms with Gasteiger partial charge in [0.05, 0.1) is 11.7 Å². The molecule has 2 amide bonds. The Morgan fingerprint density at radius 3 is 1.90 bits per heavy atom. The van der Waals surface area contributed by atoms with Crippen molar-refractivity contribution in [2.24, 2.45) is 7.05 Å². The van der Waals surface area contributed by atoms with Crippen LogP contribution in [0.3, 0.4) is 0 Å². The molecule has 0 aliphatic heterocycles. The summed E-state index contributed by atoms with van der Waals surface area (Å²) in [5, 5.41) is 10.4. The molecule has 0 aliphatic rings. The molecule has 0 saturated heterocycles. The van der Waals surface area contributed by atoms with Crippen LogP contribution in [0.4, 0.5) is 10.6 Å². The summed E-state index contributed by atoms with van der Waals surface area (Å²) in [5.74, 6) is 0.503. The third kappa shape index (κ3) is 4.35. The van der Waals surface area contributed by atoms with Gasteiger partial charge in [-0.1, -0.05) is 91.0 Å². The first-order valence-electron chi connectivity index (χ1n) is 9.47. The maximum absolute atomic E-state index is 12.8. The third-order valence-electron chi connectivity index (χ3n) is 4.73. The largest absolute Gasteiger partial charge is 0.327 e. The molecule has 5 heteroatoms. The third-order valence-corrected chi connectivity index (χ3v) is 4.73. The van der Waals surface area contributed by atoms with Gasteiger partial charge in [-0.25, -0.2) is 4.79 Å². The van der Waals surface area contributed by atoms with Crippen LogP contribution in [0.1, 0.15) is 17.2 Å². The minimum absolute atomic E-state index is 0.255. The van der Waals surface area contributed by atoms with Gasteiger partial charge in [-0.2, -0.15) is 5.10 Å². The molecule has 29 heavy (non-hydrogen) atoms. The van der Waals surface area contributed by atoms with Crippen molar-refractivity contribution < 1.29 is 4.79 Å². The molecule has 0 spiro atoms. The molecule has 3 aromatic carbocycles. The van der Waals surface area contributed by atoms with E-state index in [1.54, 1.807) is 4.68 Å². The van der Waals surface area contributed by atoms with Gasteiger partial charge in [0.25, 0.3) is 0 Å². The zero-order valence-electron chi connectivity index (χ0n) is 16.1. The van der Waals surface area contributed by atoms with Gasteiger partial charge in [0, 0.05) is 13.1 Å². The normalized spacial score (nSPS) is 10.7. The van der Waals surface area contributed by atoms with Crippen molar-refractivity contribution in [3.63, 3.8) is 0 Å². The molecular weight excluding hydrogens is 360 g/mol. The molecule has 0 unspecified atom stereocenters. The van der Waals surface area contributed by atoms with E-state index in [1.807, 2.05) is 104 Å². The number of hydrogen-bond donors (Lipinski definition) is 2. The van der Waals surface area contributed by atoms with Gasteiger partial charge in [-0.05, 0) is 16.7 Å². The monoisotopic (exact) mass is 382 g/mol. The molecule has 2 N–H and O–H groups in total. The van der Waals surface area contributed by atoms with E-state index in [4.69, 9.17) is 0 Å². The Balaban J connectivity index is 1.53. The van der Waals surface area contributed by atoms with Crippen molar-refractivity contribution in [3.05, 3.63) is 108 Å². The number of aryl methyl sites for hydroxylation is 1. The van der Waals surface area contributed by atoms with Crippen LogP contribution < -0.4 is 10.6 Å². The van der Waals surface area contributed by atoms with Crippen molar-refractivity contribution in [1.29, 1.82) is 0 Å². The second-order valence-electron chi connectivity index (χ2n) is 6.76. The van der Waals surface area contributed by atoms with E-state index in [1.165, 1.54) is 0 Å². The number of nitrogens with zero attached hydrogens (tertiary/aromatic N) is 2. The van der Waals surface area contributed by atoms with Crippen LogP contribution in [0.15, 0.2) is 97.1 Å². The summed E-state index contributed by atoms with van der Waals surface area (Å²) in [7, 11) is 1.86. The highest BCUT2D eigenvalue weighted by molar-refractivity contribution is 5.89. The van der Waals surface area contributed by atoms with E-state index in [-0.39, 0.29) is 12.1 Å². The first-order chi connectivity index (χ1) is 14.2. The minimum atomic E-state index is -0.305. The maximum Gasteiger partial charge on any atom is 0.321 e. The van der Waals surface area contributed by atoms with Gasteiger partial charge in [-0.3, -0.25) is 10.00 Å². The van der Waals surface area contributed by atoms with Crippen LogP contribution in [-0.2, 0) is 7.05 Å². The summed E-state index contributed by atoms with van der Waals surface area (Å²) >= 11 is 0. The molecule has 0 saturated carbocycles. The van der Waals surface area contributed by atoms with Gasteiger partial charge < -0.3 is 5.32 Å². The number of carbonyl (C=O) groups excluding carboxylic acids is 1. The zero-order chi connectivity index (χ0) is 20.1. The molecule has 144 valence electrons. The molecule has 1 aromatic heterocycles. The van der Waals surface area contributed by atoms with E-state index >= 15 is 0 Å². The van der Waals surface area contributed by atoms with E-state index < -0.39 is 0 Å². The molecule has 0 bridgehead atoms. The number of anilines is 1. The standard InChI is InChI=1S/C24H22N4O/c1-28-21(18-11-5-2-6-12-18)17-22(27-28)25-24(29)26-23(19-13-7-3-8-14-19)20-15-9-4-10-16-20/h2-17,23H,1H3,(H2,25,26,27,29). The quantitative estimate of drug-likeness (QED) is 0.510. The van der Waals surface area contributed by atoms with Gasteiger partial charge >= 0.3 is 6.03 Å². The number of hydrogen-bond acceptors (Lipinski definition) is 2. The summed E-state index contributed by atoms with van der Waals surface area (Å²) in [6, 6.07) is 31.1. The van der Waals surface area contributed by atoms with Crippen molar-refractivity contribution in [3.8, 4) is 11.3 Å². The lowest BCUT2D eigenvalue weighted by atomic mass is 9.99. The Morgan fingerprint density at radius 2 is 1.34 bits per heavy atom. The minimum Gasteiger partial charge on any atom is -0.327 e. The van der Waals surface area contributed by atoms with Crippen LogP contribution in [0.25, 0.3) is 11.3 Å². The van der Waals surface area contributed by atoms with Crippen molar-refractivity contribution >= 4 is 11.8 Å². The number of nitrogens with one attached hydrogen (secondary N) is 2. The summed E-state index contributed by atoms with van der Waals surface area (Å²) in [6.07, 6.45) is 0. The number of aromatic nitrogens is 2. The Hall–Kier alpha value is -3.86. The molecule has 0 radical (unpaired) electrons. The van der Waals surface area contributed by atoms with Crippen molar-refractivity contribution in [1.82, 2.24) is 15.1 Å². The van der Waals surface area contributed by atoms with E-state index in [2.05, 4.69) is 15.7 Å². The highest BCUT2D eigenvalue weighted by Crippen LogP contribution is 2.23. The van der Waals surface area contributed by atoms with Crippen molar-refractivity contribution in [2.45, 2.75) is 6.04 Å². The number of carbonyl (C=O) groups is 1. The average molecular weight is 382 g/mol. The fourth-order valence-corrected chi connectivity index (χ4v) is 3.34. The lowest BCUT2D eigenvalue weighted by molar-refractivity contribution is 0.250. The lowest BCUT2D eigenvalue weighted by Gasteiger charge is -2.19. The summed E-state index contributed by atoms with van der Waals surface area (Å²) in [5.41, 5.74) is 4.01. The topological polar surface area (TPSA) is 59.0 Å². The van der Waals surface area contributed by atoms with E-state index in [0.717, 1.165) is 22.4 Å². The van der Waals surface area contributed by atoms with Crippen LogP contribution in [0, 0.1) is 0 Å². The molecule has 5 nitrogen and oxygen atoms in total. The van der Waals surface area contributed by atoms with Crippen LogP contribution in [-0.4, -0.2) is 15.8 Å². The van der Waals surface area contributed by atoms with Gasteiger partial charge in [-0.15, -0.1) is 0 Å². The molecule has 0 aliphatic carbocycles. The first kappa shape index (κ1) is 18.5. The summed E-state index contributed by atoms with van der Waals surface area (Å²) < 4.78 is 1.76. The van der Waals surface area contributed by atoms with E-state index in [9.17, 15) is 4.79 Å². The lowest BCUT2D eigenvalue weighted by Crippen LogP contribution is -2.33. The summed E-state index contributed by atoms with van der Waals surface area (Å²) in [4.78, 5) is 12.8. The maximum atomic E-state index is 12.8. The molecule has 1 heterocycles. The number of amides is 2. The van der Waals surface area contributed by atoms with Gasteiger partial charge in [0.1, 0.15) is 0 Å². The fraction of sp³-hybridized carbons (Fsp3) is 0.0833. The second-order valence-corrected chi connectivity index (χ2v) is 6.76. The smallest absolute Gasteiger partial charge is 0.321 e. The molecule has 4 rings (SSSR count). The Kier molecular flexibility index (Phi) is 5.38. The average Bonchev–Trinajstić information content (AvgIpc) is 3.13. The SMILES string of the molecule is Cn1nc(NC(=O)NC(c2ccccc2)c2ccccc2)cc1-c1ccccc1. The fourth-order valence-electron chi connectivity index (χ4n) is 3.34. The Labute approximate surface area is 170 Å². The predicted molar refractivity (Wildman–Crippen MR) is 116 cm³/mol.